The Kier molecular flexibility index (Phi) is 4.40. The molecule has 1 aliphatic heterocycles. The Bertz CT molecular complexity index is 809. The number of nitro benzene ring substituents is 1. The number of nitrogens with zero attached hydrogens (tertiary/aromatic N) is 2. The highest BCUT2D eigenvalue weighted by atomic mass is 35.5. The third-order valence-corrected chi connectivity index (χ3v) is 4.16. The number of nitro groups is 1. The number of carbonyl (C=O) groups excluding carboxylic acids is 1. The SMILES string of the molecule is C[C@@H](Oc1ccc(Cl)cc1[N+](=O)[O-])C(=O)N1CCc2ccccc21. The van der Waals surface area contributed by atoms with Crippen molar-refractivity contribution in [2.75, 3.05) is 11.4 Å². The van der Waals surface area contributed by atoms with Crippen LogP contribution in [0.25, 0.3) is 0 Å². The highest BCUT2D eigenvalue weighted by Gasteiger charge is 2.30. The summed E-state index contributed by atoms with van der Waals surface area (Å²) in [6.07, 6.45) is -0.0635. The molecule has 2 aromatic carbocycles. The molecule has 0 saturated carbocycles. The summed E-state index contributed by atoms with van der Waals surface area (Å²) < 4.78 is 5.56. The number of hydrogen-bond donors (Lipinski definition) is 0. The van der Waals surface area contributed by atoms with E-state index in [4.69, 9.17) is 16.3 Å². The lowest BCUT2D eigenvalue weighted by molar-refractivity contribution is -0.386. The average molecular weight is 347 g/mol. The fourth-order valence-corrected chi connectivity index (χ4v) is 2.93. The Morgan fingerprint density at radius 1 is 1.33 bits per heavy atom. The lowest BCUT2D eigenvalue weighted by Gasteiger charge is -2.22. The van der Waals surface area contributed by atoms with E-state index in [-0.39, 0.29) is 22.4 Å². The predicted octanol–water partition coefficient (Wildman–Crippen LogP) is 3.60. The van der Waals surface area contributed by atoms with E-state index in [1.54, 1.807) is 11.8 Å². The normalized spacial score (nSPS) is 14.2. The van der Waals surface area contributed by atoms with E-state index < -0.39 is 11.0 Å². The van der Waals surface area contributed by atoms with Crippen LogP contribution in [0.15, 0.2) is 42.5 Å². The molecule has 0 N–H and O–H groups in total. The van der Waals surface area contributed by atoms with Gasteiger partial charge < -0.3 is 9.64 Å². The fourth-order valence-electron chi connectivity index (χ4n) is 2.76. The first kappa shape index (κ1) is 16.3. The summed E-state index contributed by atoms with van der Waals surface area (Å²) in [4.78, 5) is 24.9. The summed E-state index contributed by atoms with van der Waals surface area (Å²) in [6.45, 7) is 2.16. The Morgan fingerprint density at radius 2 is 2.08 bits per heavy atom. The van der Waals surface area contributed by atoms with E-state index >= 15 is 0 Å². The van der Waals surface area contributed by atoms with Gasteiger partial charge in [0.25, 0.3) is 5.91 Å². The van der Waals surface area contributed by atoms with Crippen LogP contribution in [-0.2, 0) is 11.2 Å². The van der Waals surface area contributed by atoms with Gasteiger partial charge in [-0.2, -0.15) is 0 Å². The lowest BCUT2D eigenvalue weighted by atomic mass is 10.2. The Hall–Kier alpha value is -2.60. The van der Waals surface area contributed by atoms with Gasteiger partial charge in [-0.1, -0.05) is 29.8 Å². The number of para-hydroxylation sites is 1. The highest BCUT2D eigenvalue weighted by Crippen LogP contribution is 2.32. The van der Waals surface area contributed by atoms with Gasteiger partial charge in [0, 0.05) is 23.3 Å². The van der Waals surface area contributed by atoms with Gasteiger partial charge in [-0.3, -0.25) is 14.9 Å². The van der Waals surface area contributed by atoms with Crippen molar-refractivity contribution in [3.05, 3.63) is 63.2 Å². The highest BCUT2D eigenvalue weighted by molar-refractivity contribution is 6.30. The van der Waals surface area contributed by atoms with Crippen LogP contribution in [0.1, 0.15) is 12.5 Å². The molecule has 7 heteroatoms. The number of benzene rings is 2. The van der Waals surface area contributed by atoms with E-state index in [1.165, 1.54) is 18.2 Å². The van der Waals surface area contributed by atoms with Gasteiger partial charge in [0.1, 0.15) is 0 Å². The molecule has 0 radical (unpaired) electrons. The fraction of sp³-hybridized carbons (Fsp3) is 0.235. The molecule has 3 rings (SSSR count). The van der Waals surface area contributed by atoms with Gasteiger partial charge >= 0.3 is 5.69 Å². The van der Waals surface area contributed by atoms with Gasteiger partial charge in [-0.25, -0.2) is 0 Å². The zero-order valence-corrected chi connectivity index (χ0v) is 13.7. The first-order chi connectivity index (χ1) is 11.5. The van der Waals surface area contributed by atoms with Crippen LogP contribution < -0.4 is 9.64 Å². The van der Waals surface area contributed by atoms with E-state index in [9.17, 15) is 14.9 Å². The molecule has 0 fully saturated rings. The number of ether oxygens (including phenoxy) is 1. The molecule has 1 heterocycles. The number of rotatable bonds is 4. The van der Waals surface area contributed by atoms with E-state index in [1.807, 2.05) is 24.3 Å². The first-order valence-electron chi connectivity index (χ1n) is 7.47. The summed E-state index contributed by atoms with van der Waals surface area (Å²) in [7, 11) is 0. The van der Waals surface area contributed by atoms with Crippen LogP contribution in [0.3, 0.4) is 0 Å². The van der Waals surface area contributed by atoms with Crippen LogP contribution in [0.2, 0.25) is 5.02 Å². The lowest BCUT2D eigenvalue weighted by Crippen LogP contribution is -2.39. The molecule has 2 aromatic rings. The molecule has 1 aliphatic rings. The smallest absolute Gasteiger partial charge is 0.312 e. The Labute approximate surface area is 143 Å². The maximum Gasteiger partial charge on any atom is 0.312 e. The van der Waals surface area contributed by atoms with Crippen molar-refractivity contribution in [2.45, 2.75) is 19.4 Å². The van der Waals surface area contributed by atoms with Crippen molar-refractivity contribution < 1.29 is 14.5 Å². The minimum Gasteiger partial charge on any atom is -0.474 e. The van der Waals surface area contributed by atoms with Gasteiger partial charge in [0.2, 0.25) is 0 Å². The second-order valence-electron chi connectivity index (χ2n) is 5.50. The molecule has 0 aromatic heterocycles. The third-order valence-electron chi connectivity index (χ3n) is 3.92. The predicted molar refractivity (Wildman–Crippen MR) is 90.7 cm³/mol. The van der Waals surface area contributed by atoms with Crippen molar-refractivity contribution in [1.82, 2.24) is 0 Å². The van der Waals surface area contributed by atoms with E-state index in [2.05, 4.69) is 0 Å². The molecule has 0 saturated heterocycles. The Balaban J connectivity index is 1.80. The molecule has 124 valence electrons. The van der Waals surface area contributed by atoms with Crippen LogP contribution in [0.5, 0.6) is 5.75 Å². The molecule has 1 atom stereocenters. The molecular weight excluding hydrogens is 332 g/mol. The van der Waals surface area contributed by atoms with Crippen molar-refractivity contribution >= 4 is 28.9 Å². The second kappa shape index (κ2) is 6.49. The summed E-state index contributed by atoms with van der Waals surface area (Å²) in [5.41, 5.74) is 1.71. The number of carbonyl (C=O) groups is 1. The minimum atomic E-state index is -0.851. The van der Waals surface area contributed by atoms with Gasteiger partial charge in [0.05, 0.1) is 4.92 Å². The molecule has 0 unspecified atom stereocenters. The van der Waals surface area contributed by atoms with E-state index in [0.29, 0.717) is 6.54 Å². The molecule has 0 spiro atoms. The number of hydrogen-bond acceptors (Lipinski definition) is 4. The maximum atomic E-state index is 12.7. The molecule has 1 amide bonds. The van der Waals surface area contributed by atoms with Crippen LogP contribution in [0, 0.1) is 10.1 Å². The topological polar surface area (TPSA) is 72.7 Å². The summed E-state index contributed by atoms with van der Waals surface area (Å²) in [5, 5.41) is 11.4. The molecule has 0 aliphatic carbocycles. The second-order valence-corrected chi connectivity index (χ2v) is 5.93. The van der Waals surface area contributed by atoms with Crippen molar-refractivity contribution in [1.29, 1.82) is 0 Å². The molecule has 24 heavy (non-hydrogen) atoms. The van der Waals surface area contributed by atoms with Crippen LogP contribution in [0.4, 0.5) is 11.4 Å². The van der Waals surface area contributed by atoms with E-state index in [0.717, 1.165) is 17.7 Å². The standard InChI is InChI=1S/C17H15ClN2O4/c1-11(24-16-7-6-13(18)10-15(16)20(22)23)17(21)19-9-8-12-4-2-3-5-14(12)19/h2-7,10-11H,8-9H2,1H3/t11-/m1/s1. The molecule has 0 bridgehead atoms. The maximum absolute atomic E-state index is 12.7. The quantitative estimate of drug-likeness (QED) is 0.626. The Morgan fingerprint density at radius 3 is 2.83 bits per heavy atom. The number of anilines is 1. The number of fused-ring (bicyclic) bond motifs is 1. The number of halogens is 1. The van der Waals surface area contributed by atoms with Crippen molar-refractivity contribution in [3.8, 4) is 5.75 Å². The van der Waals surface area contributed by atoms with Crippen LogP contribution >= 0.6 is 11.6 Å². The monoisotopic (exact) mass is 346 g/mol. The zero-order chi connectivity index (χ0) is 17.3. The summed E-state index contributed by atoms with van der Waals surface area (Å²) >= 11 is 5.78. The number of amides is 1. The largest absolute Gasteiger partial charge is 0.474 e. The van der Waals surface area contributed by atoms with Crippen LogP contribution in [-0.4, -0.2) is 23.5 Å². The summed E-state index contributed by atoms with van der Waals surface area (Å²) in [6, 6.07) is 11.8. The molecular formula is C17H15ClN2O4. The summed E-state index contributed by atoms with van der Waals surface area (Å²) in [5.74, 6) is -0.207. The zero-order valence-electron chi connectivity index (χ0n) is 12.9. The van der Waals surface area contributed by atoms with Crippen molar-refractivity contribution in [3.63, 3.8) is 0 Å². The van der Waals surface area contributed by atoms with Gasteiger partial charge in [-0.15, -0.1) is 0 Å². The first-order valence-corrected chi connectivity index (χ1v) is 7.85. The van der Waals surface area contributed by atoms with Gasteiger partial charge in [-0.05, 0) is 37.1 Å². The average Bonchev–Trinajstić information content (AvgIpc) is 2.99. The third kappa shape index (κ3) is 3.05. The van der Waals surface area contributed by atoms with Gasteiger partial charge in [0.15, 0.2) is 11.9 Å². The van der Waals surface area contributed by atoms with Crippen molar-refractivity contribution in [2.24, 2.45) is 0 Å². The molecule has 6 nitrogen and oxygen atoms in total. The minimum absolute atomic E-state index is 0.0257.